The molecular formula is C21H37NO4SSi. The van der Waals surface area contributed by atoms with Crippen LogP contribution in [0.3, 0.4) is 0 Å². The standard InChI is InChI=1S/C21H37NO4SSi/c1-13(2)28(14(3)4,15(5)6)20-22-12-16(27-20)11-17(18(23)25-10)19(24)26-21(7,8)9/h12-15,17H,11H2,1-10H3. The fourth-order valence-electron chi connectivity index (χ4n) is 4.32. The second-order valence-corrected chi connectivity index (χ2v) is 16.6. The number of nitrogens with zero attached hydrogens (tertiary/aromatic N) is 1. The molecule has 0 N–H and O–H groups in total. The van der Waals surface area contributed by atoms with E-state index in [1.165, 1.54) is 11.7 Å². The van der Waals surface area contributed by atoms with Crippen molar-refractivity contribution in [1.82, 2.24) is 4.98 Å². The predicted octanol–water partition coefficient (Wildman–Crippen LogP) is 4.70. The Balaban J connectivity index is 3.24. The van der Waals surface area contributed by atoms with Crippen molar-refractivity contribution in [2.24, 2.45) is 5.92 Å². The number of ether oxygens (including phenoxy) is 2. The maximum Gasteiger partial charge on any atom is 0.321 e. The summed E-state index contributed by atoms with van der Waals surface area (Å²) in [5.74, 6) is -2.08. The Morgan fingerprint density at radius 1 is 1.04 bits per heavy atom. The van der Waals surface area contributed by atoms with E-state index >= 15 is 0 Å². The first-order valence-corrected chi connectivity index (χ1v) is 13.1. The van der Waals surface area contributed by atoms with Gasteiger partial charge in [0, 0.05) is 17.5 Å². The van der Waals surface area contributed by atoms with Crippen molar-refractivity contribution in [2.75, 3.05) is 7.11 Å². The van der Waals surface area contributed by atoms with Crippen LogP contribution in [0.1, 0.15) is 67.2 Å². The van der Waals surface area contributed by atoms with Crippen molar-refractivity contribution in [3.05, 3.63) is 11.1 Å². The molecule has 1 heterocycles. The molecule has 0 aromatic carbocycles. The van der Waals surface area contributed by atoms with E-state index in [0.29, 0.717) is 16.6 Å². The molecule has 1 aromatic rings. The van der Waals surface area contributed by atoms with Gasteiger partial charge in [-0.05, 0) is 37.4 Å². The van der Waals surface area contributed by atoms with Gasteiger partial charge >= 0.3 is 11.9 Å². The van der Waals surface area contributed by atoms with E-state index in [0.717, 1.165) is 4.88 Å². The number of thiazole rings is 1. The van der Waals surface area contributed by atoms with Crippen molar-refractivity contribution in [3.63, 3.8) is 0 Å². The fraction of sp³-hybridized carbons (Fsp3) is 0.762. The summed E-state index contributed by atoms with van der Waals surface area (Å²) in [5.41, 5.74) is 0.994. The topological polar surface area (TPSA) is 65.5 Å². The number of hydrogen-bond acceptors (Lipinski definition) is 6. The van der Waals surface area contributed by atoms with Gasteiger partial charge in [-0.15, -0.1) is 11.3 Å². The predicted molar refractivity (Wildman–Crippen MR) is 118 cm³/mol. The average Bonchev–Trinajstić information content (AvgIpc) is 2.98. The normalized spacial score (nSPS) is 13.9. The zero-order valence-corrected chi connectivity index (χ0v) is 20.9. The Bertz CT molecular complexity index is 654. The molecule has 28 heavy (non-hydrogen) atoms. The van der Waals surface area contributed by atoms with Crippen LogP contribution in [-0.4, -0.2) is 37.7 Å². The Kier molecular flexibility index (Phi) is 8.44. The molecule has 0 aliphatic rings. The summed E-state index contributed by atoms with van der Waals surface area (Å²) in [6.07, 6.45) is 2.09. The smallest absolute Gasteiger partial charge is 0.321 e. The van der Waals surface area contributed by atoms with Crippen LogP contribution in [0.2, 0.25) is 16.6 Å². The maximum atomic E-state index is 12.6. The molecule has 1 aromatic heterocycles. The van der Waals surface area contributed by atoms with Crippen molar-refractivity contribution >= 4 is 36.0 Å². The van der Waals surface area contributed by atoms with E-state index in [1.54, 1.807) is 32.1 Å². The monoisotopic (exact) mass is 427 g/mol. The second kappa shape index (κ2) is 9.52. The van der Waals surface area contributed by atoms with Gasteiger partial charge in [0.05, 0.1) is 11.7 Å². The van der Waals surface area contributed by atoms with Crippen LogP contribution in [-0.2, 0) is 25.5 Å². The molecule has 1 rings (SSSR count). The lowest BCUT2D eigenvalue weighted by molar-refractivity contribution is -0.167. The highest BCUT2D eigenvalue weighted by atomic mass is 32.1. The van der Waals surface area contributed by atoms with Crippen molar-refractivity contribution in [3.8, 4) is 0 Å². The van der Waals surface area contributed by atoms with Crippen LogP contribution in [0, 0.1) is 5.92 Å². The Morgan fingerprint density at radius 3 is 1.93 bits per heavy atom. The van der Waals surface area contributed by atoms with Gasteiger partial charge in [-0.3, -0.25) is 14.6 Å². The van der Waals surface area contributed by atoms with Crippen molar-refractivity contribution in [1.29, 1.82) is 0 Å². The van der Waals surface area contributed by atoms with E-state index < -0.39 is 31.5 Å². The average molecular weight is 428 g/mol. The molecule has 1 atom stereocenters. The van der Waals surface area contributed by atoms with Gasteiger partial charge in [0.1, 0.15) is 13.7 Å². The SMILES string of the molecule is COC(=O)C(Cc1cnc([Si](C(C)C)(C(C)C)C(C)C)s1)C(=O)OC(C)(C)C. The summed E-state index contributed by atoms with van der Waals surface area (Å²) < 4.78 is 11.5. The summed E-state index contributed by atoms with van der Waals surface area (Å²) in [6, 6.07) is 0. The lowest BCUT2D eigenvalue weighted by atomic mass is 10.0. The maximum absolute atomic E-state index is 12.6. The molecule has 0 radical (unpaired) electrons. The van der Waals surface area contributed by atoms with E-state index in [4.69, 9.17) is 14.5 Å². The third kappa shape index (κ3) is 5.44. The summed E-state index contributed by atoms with van der Waals surface area (Å²) in [6.45, 7) is 19.1. The number of esters is 2. The first-order chi connectivity index (χ1) is 12.8. The number of carbonyl (C=O) groups excluding carboxylic acids is 2. The van der Waals surface area contributed by atoms with Crippen LogP contribution in [0.15, 0.2) is 6.20 Å². The van der Waals surface area contributed by atoms with Crippen LogP contribution < -0.4 is 4.63 Å². The zero-order chi connectivity index (χ0) is 21.9. The van der Waals surface area contributed by atoms with Gasteiger partial charge in [0.2, 0.25) is 0 Å². The summed E-state index contributed by atoms with van der Waals surface area (Å²) in [4.78, 5) is 30.5. The molecule has 0 aliphatic carbocycles. The lowest BCUT2D eigenvalue weighted by Crippen LogP contribution is -2.55. The fourth-order valence-corrected chi connectivity index (χ4v) is 14.0. The second-order valence-electron chi connectivity index (χ2n) is 9.34. The Labute approximate surface area is 175 Å². The molecule has 0 amide bonds. The minimum atomic E-state index is -1.86. The number of aromatic nitrogens is 1. The molecular weight excluding hydrogens is 390 g/mol. The largest absolute Gasteiger partial charge is 0.468 e. The molecule has 160 valence electrons. The first kappa shape index (κ1) is 24.8. The molecule has 1 unspecified atom stereocenters. The van der Waals surface area contributed by atoms with Crippen molar-refractivity contribution < 1.29 is 19.1 Å². The highest BCUT2D eigenvalue weighted by molar-refractivity contribution is 7.27. The molecule has 0 fully saturated rings. The number of hydrogen-bond donors (Lipinski definition) is 0. The Morgan fingerprint density at radius 2 is 1.54 bits per heavy atom. The summed E-state index contributed by atoms with van der Waals surface area (Å²) in [7, 11) is -0.562. The minimum Gasteiger partial charge on any atom is -0.468 e. The van der Waals surface area contributed by atoms with Gasteiger partial charge in [-0.25, -0.2) is 0 Å². The highest BCUT2D eigenvalue weighted by Gasteiger charge is 2.47. The summed E-state index contributed by atoms with van der Waals surface area (Å²) >= 11 is 1.65. The van der Waals surface area contributed by atoms with E-state index in [2.05, 4.69) is 41.5 Å². The van der Waals surface area contributed by atoms with Crippen LogP contribution >= 0.6 is 11.3 Å². The molecule has 5 nitrogen and oxygen atoms in total. The third-order valence-corrected chi connectivity index (χ3v) is 14.2. The summed E-state index contributed by atoms with van der Waals surface area (Å²) in [5, 5.41) is 0. The molecule has 0 aliphatic heterocycles. The van der Waals surface area contributed by atoms with Crippen LogP contribution in [0.25, 0.3) is 0 Å². The van der Waals surface area contributed by atoms with Crippen molar-refractivity contribution in [2.45, 2.75) is 91.0 Å². The quantitative estimate of drug-likeness (QED) is 0.342. The minimum absolute atomic E-state index is 0.262. The molecule has 0 saturated heterocycles. The van der Waals surface area contributed by atoms with Crippen LogP contribution in [0.4, 0.5) is 0 Å². The number of methoxy groups -OCH3 is 1. The van der Waals surface area contributed by atoms with E-state index in [-0.39, 0.29) is 6.42 Å². The van der Waals surface area contributed by atoms with Gasteiger partial charge in [0.25, 0.3) is 0 Å². The zero-order valence-electron chi connectivity index (χ0n) is 19.1. The van der Waals surface area contributed by atoms with Gasteiger partial charge < -0.3 is 9.47 Å². The van der Waals surface area contributed by atoms with Gasteiger partial charge in [-0.1, -0.05) is 41.5 Å². The highest BCUT2D eigenvalue weighted by Crippen LogP contribution is 2.41. The number of carbonyl (C=O) groups is 2. The molecule has 0 saturated carbocycles. The number of rotatable bonds is 8. The molecule has 0 spiro atoms. The molecule has 0 bridgehead atoms. The van der Waals surface area contributed by atoms with Gasteiger partial charge in [0.15, 0.2) is 5.92 Å². The van der Waals surface area contributed by atoms with Gasteiger partial charge in [-0.2, -0.15) is 0 Å². The first-order valence-electron chi connectivity index (χ1n) is 10.0. The van der Waals surface area contributed by atoms with E-state index in [9.17, 15) is 9.59 Å². The third-order valence-electron chi connectivity index (χ3n) is 5.37. The van der Waals surface area contributed by atoms with E-state index in [1.807, 2.05) is 6.20 Å². The van der Waals surface area contributed by atoms with Crippen LogP contribution in [0.5, 0.6) is 0 Å². The lowest BCUT2D eigenvalue weighted by Gasteiger charge is -2.41. The molecule has 7 heteroatoms. The Hall–Kier alpha value is -1.21.